The summed E-state index contributed by atoms with van der Waals surface area (Å²) in [5.41, 5.74) is 3.98. The summed E-state index contributed by atoms with van der Waals surface area (Å²) in [5, 5.41) is 10.0. The third-order valence-corrected chi connectivity index (χ3v) is 4.92. The van der Waals surface area contributed by atoms with Crippen molar-refractivity contribution in [3.05, 3.63) is 34.6 Å². The van der Waals surface area contributed by atoms with E-state index >= 15 is 0 Å². The average Bonchev–Trinajstić information content (AvgIpc) is 2.85. The van der Waals surface area contributed by atoms with Gasteiger partial charge in [-0.15, -0.1) is 0 Å². The summed E-state index contributed by atoms with van der Waals surface area (Å²) in [7, 11) is 1.67. The molecule has 0 atom stereocenters. The van der Waals surface area contributed by atoms with Crippen LogP contribution in [0.4, 0.5) is 0 Å². The maximum absolute atomic E-state index is 10.0. The lowest BCUT2D eigenvalue weighted by Crippen LogP contribution is -2.31. The van der Waals surface area contributed by atoms with Crippen molar-refractivity contribution in [3.8, 4) is 17.6 Å². The minimum absolute atomic E-state index is 0.506. The first-order chi connectivity index (χ1) is 15.1. The highest BCUT2D eigenvalue weighted by Gasteiger charge is 2.41. The van der Waals surface area contributed by atoms with Crippen LogP contribution < -0.4 is 9.47 Å². The fourth-order valence-corrected chi connectivity index (χ4v) is 3.83. The summed E-state index contributed by atoms with van der Waals surface area (Å²) in [5.74, 6) is 1.60. The minimum atomic E-state index is -0.506. The lowest BCUT2D eigenvalue weighted by molar-refractivity contribution is 0.165. The summed E-state index contributed by atoms with van der Waals surface area (Å²) in [6.07, 6.45) is 5.16. The number of nitrogens with zero attached hydrogens (tertiary/aromatic N) is 1. The van der Waals surface area contributed by atoms with E-state index in [1.807, 2.05) is 68.6 Å². The largest absolute Gasteiger partial charge is 0.504 e. The van der Waals surface area contributed by atoms with Crippen LogP contribution in [-0.4, -0.2) is 20.3 Å². The molecule has 1 aliphatic carbocycles. The van der Waals surface area contributed by atoms with E-state index in [9.17, 15) is 5.26 Å². The zero-order valence-electron chi connectivity index (χ0n) is 22.1. The van der Waals surface area contributed by atoms with Crippen LogP contribution in [0, 0.1) is 25.2 Å². The molecule has 0 aromatic heterocycles. The molecule has 0 unspecified atom stereocenters. The molecule has 0 amide bonds. The van der Waals surface area contributed by atoms with Crippen LogP contribution in [0.2, 0.25) is 0 Å². The molecule has 1 aliphatic heterocycles. The predicted octanol–water partition coefficient (Wildman–Crippen LogP) is 8.05. The molecule has 1 aromatic rings. The summed E-state index contributed by atoms with van der Waals surface area (Å²) in [6, 6.07) is 4.72. The Bertz CT molecular complexity index is 677. The first-order valence-corrected chi connectivity index (χ1v) is 12.1. The number of aryl methyl sites for hydroxylation is 2. The highest BCUT2D eigenvalue weighted by molar-refractivity contribution is 5.60. The van der Waals surface area contributed by atoms with Crippen LogP contribution in [0.15, 0.2) is 17.9 Å². The molecule has 0 bridgehead atoms. The van der Waals surface area contributed by atoms with Crippen LogP contribution in [0.5, 0.6) is 11.5 Å². The van der Waals surface area contributed by atoms with Gasteiger partial charge in [0.1, 0.15) is 13.2 Å². The van der Waals surface area contributed by atoms with Crippen LogP contribution in [0.3, 0.4) is 0 Å². The Morgan fingerprint density at radius 1 is 0.871 bits per heavy atom. The molecule has 0 N–H and O–H groups in total. The van der Waals surface area contributed by atoms with Crippen molar-refractivity contribution >= 4 is 0 Å². The van der Waals surface area contributed by atoms with Gasteiger partial charge in [0, 0.05) is 5.56 Å². The molecule has 31 heavy (non-hydrogen) atoms. The average molecular weight is 434 g/mol. The number of fused-ring (bicyclic) bond motifs is 1. The number of benzene rings is 1. The van der Waals surface area contributed by atoms with Gasteiger partial charge in [-0.25, -0.2) is 0 Å². The molecule has 0 spiro atoms. The van der Waals surface area contributed by atoms with E-state index in [0.717, 1.165) is 53.9 Å². The topological polar surface area (TPSA) is 51.5 Å². The van der Waals surface area contributed by atoms with E-state index in [1.54, 1.807) is 7.11 Å². The molecule has 2 aliphatic rings. The summed E-state index contributed by atoms with van der Waals surface area (Å²) >= 11 is 0. The number of hydrogen-bond donors (Lipinski definition) is 0. The Morgan fingerprint density at radius 3 is 1.81 bits per heavy atom. The first kappa shape index (κ1) is 31.0. The number of nitriles is 1. The minimum Gasteiger partial charge on any atom is -0.504 e. The Kier molecular flexibility index (Phi) is 17.5. The van der Waals surface area contributed by atoms with Crippen molar-refractivity contribution < 1.29 is 14.2 Å². The Morgan fingerprint density at radius 2 is 1.35 bits per heavy atom. The Hall–Kier alpha value is -2.15. The van der Waals surface area contributed by atoms with Gasteiger partial charge in [0.25, 0.3) is 0 Å². The Labute approximate surface area is 192 Å². The number of allylic oxidation sites excluding steroid dienone is 1. The smallest absolute Gasteiger partial charge is 0.166 e. The van der Waals surface area contributed by atoms with Crippen molar-refractivity contribution in [3.63, 3.8) is 0 Å². The van der Waals surface area contributed by atoms with Crippen LogP contribution >= 0.6 is 0 Å². The van der Waals surface area contributed by atoms with Crippen LogP contribution in [-0.2, 0) is 10.2 Å². The normalized spacial score (nSPS) is 17.9. The lowest BCUT2D eigenvalue weighted by Gasteiger charge is -2.36. The molecule has 1 heterocycles. The third kappa shape index (κ3) is 7.80. The SMILES string of the molecule is CC.CC.CC.CC.COC=C1CCC(C#N)(c2c(C)cc(C)c3c2OCCO3)CC1. The molecule has 1 aromatic carbocycles. The van der Waals surface area contributed by atoms with Crippen LogP contribution in [0.1, 0.15) is 97.8 Å². The van der Waals surface area contributed by atoms with Crippen molar-refractivity contribution in [1.82, 2.24) is 0 Å². The van der Waals surface area contributed by atoms with Crippen LogP contribution in [0.25, 0.3) is 0 Å². The first-order valence-electron chi connectivity index (χ1n) is 12.1. The zero-order valence-corrected chi connectivity index (χ0v) is 22.1. The standard InChI is InChI=1S/C19H23NO3.4C2H6/c1-13-10-14(2)17-18(23-9-8-22-17)16(13)19(12-20)6-4-15(5-7-19)11-21-3;4*1-2/h10-11H,4-9H2,1-3H3;4*1-2H3. The van der Waals surface area contributed by atoms with Crippen molar-refractivity contribution in [2.75, 3.05) is 20.3 Å². The van der Waals surface area contributed by atoms with Gasteiger partial charge < -0.3 is 14.2 Å². The van der Waals surface area contributed by atoms with Gasteiger partial charge in [-0.05, 0) is 56.2 Å². The highest BCUT2D eigenvalue weighted by atomic mass is 16.6. The number of hydrogen-bond acceptors (Lipinski definition) is 4. The fourth-order valence-electron chi connectivity index (χ4n) is 3.83. The quantitative estimate of drug-likeness (QED) is 0.443. The maximum Gasteiger partial charge on any atom is 0.166 e. The molecule has 0 saturated heterocycles. The van der Waals surface area contributed by atoms with Crippen molar-refractivity contribution in [1.29, 1.82) is 5.26 Å². The zero-order chi connectivity index (χ0) is 24.4. The number of methoxy groups -OCH3 is 1. The third-order valence-electron chi connectivity index (χ3n) is 4.92. The van der Waals surface area contributed by atoms with Crippen molar-refractivity contribution in [2.24, 2.45) is 0 Å². The molecule has 1 saturated carbocycles. The molecule has 0 radical (unpaired) electrons. The van der Waals surface area contributed by atoms with E-state index in [-0.39, 0.29) is 0 Å². The predicted molar refractivity (Wildman–Crippen MR) is 133 cm³/mol. The number of ether oxygens (including phenoxy) is 3. The molecular weight excluding hydrogens is 386 g/mol. The second-order valence-corrected chi connectivity index (χ2v) is 6.45. The van der Waals surface area contributed by atoms with Gasteiger partial charge in [-0.3, -0.25) is 0 Å². The molecule has 4 heteroatoms. The molecule has 4 nitrogen and oxygen atoms in total. The van der Waals surface area contributed by atoms with Gasteiger partial charge in [-0.2, -0.15) is 5.26 Å². The second-order valence-electron chi connectivity index (χ2n) is 6.45. The lowest BCUT2D eigenvalue weighted by atomic mass is 9.67. The maximum atomic E-state index is 10.0. The van der Waals surface area contributed by atoms with E-state index < -0.39 is 5.41 Å². The molecular formula is C27H47NO3. The van der Waals surface area contributed by atoms with Crippen molar-refractivity contribution in [2.45, 2.75) is 100 Å². The summed E-state index contributed by atoms with van der Waals surface area (Å²) in [6.45, 7) is 21.2. The summed E-state index contributed by atoms with van der Waals surface area (Å²) < 4.78 is 16.9. The van der Waals surface area contributed by atoms with Gasteiger partial charge in [-0.1, -0.05) is 61.5 Å². The second kappa shape index (κ2) is 17.5. The van der Waals surface area contributed by atoms with Gasteiger partial charge in [0.05, 0.1) is 24.9 Å². The van der Waals surface area contributed by atoms with E-state index in [1.165, 1.54) is 5.57 Å². The van der Waals surface area contributed by atoms with Gasteiger partial charge in [0.15, 0.2) is 11.5 Å². The molecule has 1 fully saturated rings. The number of rotatable bonds is 2. The van der Waals surface area contributed by atoms with E-state index in [2.05, 4.69) is 19.1 Å². The van der Waals surface area contributed by atoms with Gasteiger partial charge in [0.2, 0.25) is 0 Å². The molecule has 3 rings (SSSR count). The van der Waals surface area contributed by atoms with Gasteiger partial charge >= 0.3 is 0 Å². The highest BCUT2D eigenvalue weighted by Crippen LogP contribution is 2.50. The fraction of sp³-hybridized carbons (Fsp3) is 0.667. The Balaban J connectivity index is 0. The van der Waals surface area contributed by atoms with E-state index in [4.69, 9.17) is 14.2 Å². The molecule has 178 valence electrons. The van der Waals surface area contributed by atoms with E-state index in [0.29, 0.717) is 13.2 Å². The monoisotopic (exact) mass is 433 g/mol. The summed E-state index contributed by atoms with van der Waals surface area (Å²) in [4.78, 5) is 0.